The molecule has 1 aliphatic rings. The van der Waals surface area contributed by atoms with Gasteiger partial charge in [-0.2, -0.15) is 0 Å². The van der Waals surface area contributed by atoms with E-state index >= 15 is 0 Å². The molecule has 0 saturated heterocycles. The summed E-state index contributed by atoms with van der Waals surface area (Å²) in [4.78, 5) is 40.9. The summed E-state index contributed by atoms with van der Waals surface area (Å²) < 4.78 is 7.70. The number of rotatable bonds is 10. The largest absolute Gasteiger partial charge is 0.488 e. The summed E-state index contributed by atoms with van der Waals surface area (Å²) in [6.45, 7) is 4.96. The molecule has 0 saturated carbocycles. The molecule has 40 heavy (non-hydrogen) atoms. The maximum absolute atomic E-state index is 13.6. The number of hydrogen-bond acceptors (Lipinski definition) is 9. The zero-order valence-corrected chi connectivity index (χ0v) is 22.6. The number of carboxylic acids is 1. The molecule has 2 aromatic carbocycles. The molecule has 2 heterocycles. The highest BCUT2D eigenvalue weighted by atomic mass is 16.5. The lowest BCUT2D eigenvalue weighted by atomic mass is 9.99. The Labute approximate surface area is 231 Å². The third-order valence-corrected chi connectivity index (χ3v) is 6.79. The molecule has 1 aromatic heterocycles. The maximum atomic E-state index is 13.6. The molecule has 3 atom stereocenters. The molecule has 0 unspecified atom stereocenters. The molecule has 3 N–H and O–H groups in total. The molecule has 2 amide bonds. The van der Waals surface area contributed by atoms with Crippen LogP contribution in [-0.4, -0.2) is 96.9 Å². The fourth-order valence-electron chi connectivity index (χ4n) is 4.55. The van der Waals surface area contributed by atoms with Crippen LogP contribution >= 0.6 is 0 Å². The van der Waals surface area contributed by atoms with Gasteiger partial charge in [0.25, 0.3) is 5.91 Å². The molecule has 212 valence electrons. The summed E-state index contributed by atoms with van der Waals surface area (Å²) in [6.07, 6.45) is 1.03. The van der Waals surface area contributed by atoms with Crippen molar-refractivity contribution in [2.24, 2.45) is 5.92 Å². The van der Waals surface area contributed by atoms with Gasteiger partial charge in [-0.1, -0.05) is 19.1 Å². The van der Waals surface area contributed by atoms with Gasteiger partial charge in [0.1, 0.15) is 24.7 Å². The van der Waals surface area contributed by atoms with E-state index in [9.17, 15) is 19.5 Å². The van der Waals surface area contributed by atoms with Crippen LogP contribution in [0.4, 0.5) is 5.69 Å². The van der Waals surface area contributed by atoms with Gasteiger partial charge in [0.15, 0.2) is 0 Å². The van der Waals surface area contributed by atoms with Crippen LogP contribution in [0.2, 0.25) is 0 Å². The summed E-state index contributed by atoms with van der Waals surface area (Å²) in [5.41, 5.74) is 1.88. The number of aromatic nitrogens is 4. The number of ether oxygens (including phenoxy) is 1. The third-order valence-electron chi connectivity index (χ3n) is 6.79. The molecular formula is C27H33N7O6. The number of likely N-dealkylation sites (N-methyl/N-ethyl adjacent to an activating group) is 1. The molecule has 0 spiro atoms. The Bertz CT molecular complexity index is 1330. The number of aromatic carboxylic acids is 1. The predicted molar refractivity (Wildman–Crippen MR) is 144 cm³/mol. The maximum Gasteiger partial charge on any atom is 0.335 e. The summed E-state index contributed by atoms with van der Waals surface area (Å²) >= 11 is 0. The summed E-state index contributed by atoms with van der Waals surface area (Å²) in [5.74, 6) is -1.32. The van der Waals surface area contributed by atoms with Crippen molar-refractivity contribution < 1.29 is 29.3 Å². The fraction of sp³-hybridized carbons (Fsp3) is 0.407. The zero-order valence-electron chi connectivity index (χ0n) is 22.6. The van der Waals surface area contributed by atoms with Crippen molar-refractivity contribution in [3.63, 3.8) is 0 Å². The summed E-state index contributed by atoms with van der Waals surface area (Å²) in [5, 5.41) is 32.5. The van der Waals surface area contributed by atoms with E-state index in [0.717, 1.165) is 5.56 Å². The van der Waals surface area contributed by atoms with Crippen molar-refractivity contribution in [2.45, 2.75) is 39.1 Å². The number of hydrogen-bond donors (Lipinski definition) is 3. The fourth-order valence-corrected chi connectivity index (χ4v) is 4.55. The number of nitrogens with one attached hydrogen (secondary N) is 1. The summed E-state index contributed by atoms with van der Waals surface area (Å²) in [6, 6.07) is 11.2. The lowest BCUT2D eigenvalue weighted by molar-refractivity contribution is -0.116. The van der Waals surface area contributed by atoms with Crippen LogP contribution < -0.4 is 10.1 Å². The van der Waals surface area contributed by atoms with Crippen LogP contribution in [0.3, 0.4) is 0 Å². The minimum absolute atomic E-state index is 0.0707. The number of nitrogens with zero attached hydrogens (tertiary/aromatic N) is 6. The van der Waals surface area contributed by atoms with Gasteiger partial charge in [0, 0.05) is 31.2 Å². The number of anilines is 1. The number of carboxylic acid groups (broad SMARTS) is 1. The lowest BCUT2D eigenvalue weighted by Gasteiger charge is -2.38. The number of carbonyl (C=O) groups excluding carboxylic acids is 2. The van der Waals surface area contributed by atoms with Crippen LogP contribution in [0, 0.1) is 5.92 Å². The van der Waals surface area contributed by atoms with Gasteiger partial charge in [-0.15, -0.1) is 5.10 Å². The number of carbonyl (C=O) groups is 3. The number of aliphatic hydroxyl groups excluding tert-OH is 1. The highest BCUT2D eigenvalue weighted by Crippen LogP contribution is 2.31. The third kappa shape index (κ3) is 6.98. The van der Waals surface area contributed by atoms with Crippen molar-refractivity contribution in [1.29, 1.82) is 0 Å². The van der Waals surface area contributed by atoms with Gasteiger partial charge in [0.2, 0.25) is 5.91 Å². The topological polar surface area (TPSA) is 163 Å². The Morgan fingerprint density at radius 3 is 2.62 bits per heavy atom. The first-order valence-electron chi connectivity index (χ1n) is 12.9. The minimum Gasteiger partial charge on any atom is -0.488 e. The Balaban J connectivity index is 1.54. The van der Waals surface area contributed by atoms with E-state index in [1.54, 1.807) is 54.3 Å². The Morgan fingerprint density at radius 1 is 1.23 bits per heavy atom. The smallest absolute Gasteiger partial charge is 0.335 e. The van der Waals surface area contributed by atoms with Gasteiger partial charge in [-0.05, 0) is 60.3 Å². The highest BCUT2D eigenvalue weighted by molar-refractivity contribution is 5.99. The number of tetrazole rings is 1. The van der Waals surface area contributed by atoms with E-state index in [0.29, 0.717) is 31.1 Å². The first-order chi connectivity index (χ1) is 19.1. The normalized spacial score (nSPS) is 17.9. The monoisotopic (exact) mass is 551 g/mol. The molecule has 0 bridgehead atoms. The Hall–Kier alpha value is -4.36. The van der Waals surface area contributed by atoms with Gasteiger partial charge in [-0.25, -0.2) is 9.48 Å². The first kappa shape index (κ1) is 28.6. The molecule has 0 fully saturated rings. The predicted octanol–water partition coefficient (Wildman–Crippen LogP) is 1.36. The van der Waals surface area contributed by atoms with Crippen molar-refractivity contribution in [3.8, 4) is 5.75 Å². The minimum atomic E-state index is -0.971. The second-order valence-electron chi connectivity index (χ2n) is 10.1. The van der Waals surface area contributed by atoms with E-state index in [4.69, 9.17) is 9.84 Å². The van der Waals surface area contributed by atoms with Crippen molar-refractivity contribution in [2.75, 3.05) is 32.1 Å². The molecule has 0 aliphatic carbocycles. The van der Waals surface area contributed by atoms with E-state index in [1.165, 1.54) is 11.0 Å². The van der Waals surface area contributed by atoms with Crippen LogP contribution in [0.25, 0.3) is 0 Å². The summed E-state index contributed by atoms with van der Waals surface area (Å²) in [7, 11) is 1.95. The average molecular weight is 552 g/mol. The van der Waals surface area contributed by atoms with Crippen molar-refractivity contribution >= 4 is 23.5 Å². The molecule has 3 aromatic rings. The Morgan fingerprint density at radius 2 is 1.98 bits per heavy atom. The SMILES string of the molecule is C[C@H](CO)N1C[C@H](C)[C@@H](CN(C)Cc2ccc(C(=O)O)cc2)Oc2ccc(NC(=O)Cn3cnnn3)cc2C1=O. The standard InChI is InChI=1S/C27H33N7O6/c1-17-11-34(18(2)15-35)26(37)22-10-21(29-25(36)14-33-16-28-30-31-33)8-9-23(22)40-24(17)13-32(3)12-19-4-6-20(7-5-19)27(38)39/h4-10,16-18,24,35H,11-15H2,1-3H3,(H,29,36)(H,38,39)/t17-,18+,24+/m0/s1. The molecule has 13 nitrogen and oxygen atoms in total. The second-order valence-corrected chi connectivity index (χ2v) is 10.1. The van der Waals surface area contributed by atoms with E-state index in [2.05, 4.69) is 25.7 Å². The highest BCUT2D eigenvalue weighted by Gasteiger charge is 2.33. The quantitative estimate of drug-likeness (QED) is 0.335. The van der Waals surface area contributed by atoms with Gasteiger partial charge in [0.05, 0.1) is 23.8 Å². The van der Waals surface area contributed by atoms with Crippen molar-refractivity contribution in [3.05, 3.63) is 65.5 Å². The van der Waals surface area contributed by atoms with Gasteiger partial charge >= 0.3 is 5.97 Å². The second kappa shape index (κ2) is 12.7. The molecular weight excluding hydrogens is 518 g/mol. The van der Waals surface area contributed by atoms with Crippen LogP contribution in [-0.2, 0) is 17.9 Å². The van der Waals surface area contributed by atoms with E-state index < -0.39 is 12.0 Å². The van der Waals surface area contributed by atoms with Gasteiger partial charge < -0.3 is 25.2 Å². The number of benzene rings is 2. The average Bonchev–Trinajstić information content (AvgIpc) is 3.43. The molecule has 13 heteroatoms. The van der Waals surface area contributed by atoms with E-state index in [-0.39, 0.29) is 48.1 Å². The van der Waals surface area contributed by atoms with Crippen LogP contribution in [0.5, 0.6) is 5.75 Å². The molecule has 0 radical (unpaired) electrons. The van der Waals surface area contributed by atoms with E-state index in [1.807, 2.05) is 14.0 Å². The number of amides is 2. The first-order valence-corrected chi connectivity index (χ1v) is 12.9. The van der Waals surface area contributed by atoms with Crippen LogP contribution in [0.15, 0.2) is 48.8 Å². The zero-order chi connectivity index (χ0) is 28.8. The van der Waals surface area contributed by atoms with Crippen LogP contribution in [0.1, 0.15) is 40.1 Å². The number of fused-ring (bicyclic) bond motifs is 1. The van der Waals surface area contributed by atoms with Crippen molar-refractivity contribution in [1.82, 2.24) is 30.0 Å². The Kier molecular flexibility index (Phi) is 9.07. The number of aliphatic hydroxyl groups is 1. The molecule has 4 rings (SSSR count). The molecule has 1 aliphatic heterocycles. The lowest BCUT2D eigenvalue weighted by Crippen LogP contribution is -2.49. The van der Waals surface area contributed by atoms with Gasteiger partial charge in [-0.3, -0.25) is 14.5 Å².